The lowest BCUT2D eigenvalue weighted by Gasteiger charge is -2.08. The number of carbonyl (C=O) groups excluding carboxylic acids is 1. The summed E-state index contributed by atoms with van der Waals surface area (Å²) in [5.74, 6) is 1.83. The highest BCUT2D eigenvalue weighted by atomic mass is 16.3. The third kappa shape index (κ3) is 5.43. The van der Waals surface area contributed by atoms with Gasteiger partial charge in [-0.15, -0.1) is 6.42 Å². The van der Waals surface area contributed by atoms with Gasteiger partial charge in [0, 0.05) is 13.2 Å². The van der Waals surface area contributed by atoms with Crippen LogP contribution >= 0.6 is 0 Å². The van der Waals surface area contributed by atoms with Gasteiger partial charge in [-0.05, 0) is 18.3 Å². The second-order valence-electron chi connectivity index (χ2n) is 2.47. The van der Waals surface area contributed by atoms with E-state index in [1.807, 2.05) is 12.8 Å². The number of carbonyl (C=O) groups is 1. The molecule has 0 aliphatic heterocycles. The highest BCUT2D eigenvalue weighted by Crippen LogP contribution is 1.97. The lowest BCUT2D eigenvalue weighted by Crippen LogP contribution is -2.27. The molecule has 0 spiro atoms. The van der Waals surface area contributed by atoms with Crippen LogP contribution in [0.4, 0.5) is 0 Å². The topological polar surface area (TPSA) is 49.3 Å². The predicted octanol–water partition coefficient (Wildman–Crippen LogP) is -0.246. The van der Waals surface area contributed by atoms with Crippen LogP contribution in [-0.4, -0.2) is 24.2 Å². The third-order valence-electron chi connectivity index (χ3n) is 1.36. The molecule has 1 atom stereocenters. The van der Waals surface area contributed by atoms with Crippen molar-refractivity contribution < 1.29 is 9.90 Å². The molecule has 0 fully saturated rings. The fraction of sp³-hybridized carbons (Fsp3) is 0.625. The Kier molecular flexibility index (Phi) is 5.22. The van der Waals surface area contributed by atoms with Crippen LogP contribution < -0.4 is 5.32 Å². The molecule has 0 aliphatic carbocycles. The maximum atomic E-state index is 10.5. The Morgan fingerprint density at radius 2 is 2.45 bits per heavy atom. The van der Waals surface area contributed by atoms with Crippen molar-refractivity contribution in [2.75, 3.05) is 13.2 Å². The summed E-state index contributed by atoms with van der Waals surface area (Å²) in [6.45, 7) is 2.61. The quantitative estimate of drug-likeness (QED) is 0.550. The molecule has 0 radical (unpaired) electrons. The van der Waals surface area contributed by atoms with Gasteiger partial charge in [-0.1, -0.05) is 6.92 Å². The zero-order chi connectivity index (χ0) is 8.69. The first-order chi connectivity index (χ1) is 5.20. The van der Waals surface area contributed by atoms with Gasteiger partial charge in [0.1, 0.15) is 0 Å². The van der Waals surface area contributed by atoms with E-state index in [1.165, 1.54) is 0 Å². The van der Waals surface area contributed by atoms with E-state index >= 15 is 0 Å². The van der Waals surface area contributed by atoms with E-state index in [-0.39, 0.29) is 12.5 Å². The van der Waals surface area contributed by atoms with Gasteiger partial charge in [-0.3, -0.25) is 4.79 Å². The number of amides is 1. The zero-order valence-corrected chi connectivity index (χ0v) is 6.63. The van der Waals surface area contributed by atoms with Crippen LogP contribution in [0.3, 0.4) is 0 Å². The number of rotatable bonds is 4. The summed E-state index contributed by atoms with van der Waals surface area (Å²) in [6.07, 6.45) is 5.51. The van der Waals surface area contributed by atoms with Gasteiger partial charge < -0.3 is 10.4 Å². The summed E-state index contributed by atoms with van der Waals surface area (Å²) in [5, 5.41) is 11.0. The van der Waals surface area contributed by atoms with Gasteiger partial charge in [0.05, 0.1) is 0 Å². The lowest BCUT2D eigenvalue weighted by molar-refractivity contribution is -0.115. The molecule has 3 nitrogen and oxygen atoms in total. The second-order valence-corrected chi connectivity index (χ2v) is 2.47. The molecule has 0 aromatic carbocycles. The minimum absolute atomic E-state index is 0.146. The molecule has 0 aliphatic rings. The van der Waals surface area contributed by atoms with Crippen LogP contribution in [0.2, 0.25) is 0 Å². The molecule has 3 heteroatoms. The Hall–Kier alpha value is -1.01. The van der Waals surface area contributed by atoms with Gasteiger partial charge >= 0.3 is 0 Å². The molecule has 0 aromatic rings. The van der Waals surface area contributed by atoms with E-state index in [1.54, 1.807) is 0 Å². The summed E-state index contributed by atoms with van der Waals surface area (Å²) >= 11 is 0. The molecule has 0 saturated carbocycles. The van der Waals surface area contributed by atoms with Gasteiger partial charge in [0.25, 0.3) is 5.91 Å². The number of terminal acetylenes is 1. The van der Waals surface area contributed by atoms with Crippen LogP contribution in [0.1, 0.15) is 13.3 Å². The summed E-state index contributed by atoms with van der Waals surface area (Å²) < 4.78 is 0. The summed E-state index contributed by atoms with van der Waals surface area (Å²) in [7, 11) is 0. The standard InChI is InChI=1S/C8H13NO2/c1-3-8(11)9-6-7(2)4-5-10/h1,7,10H,4-6H2,2H3,(H,9,11). The van der Waals surface area contributed by atoms with Crippen molar-refractivity contribution in [3.05, 3.63) is 0 Å². The smallest absolute Gasteiger partial charge is 0.295 e. The minimum Gasteiger partial charge on any atom is -0.396 e. The Morgan fingerprint density at radius 1 is 1.82 bits per heavy atom. The van der Waals surface area contributed by atoms with Crippen molar-refractivity contribution >= 4 is 5.91 Å². The molecule has 1 amide bonds. The average Bonchev–Trinajstić information content (AvgIpc) is 2.01. The molecule has 1 unspecified atom stereocenters. The van der Waals surface area contributed by atoms with E-state index in [0.29, 0.717) is 13.0 Å². The molecule has 0 saturated heterocycles. The van der Waals surface area contributed by atoms with Crippen molar-refractivity contribution in [1.82, 2.24) is 5.32 Å². The first-order valence-electron chi connectivity index (χ1n) is 3.56. The van der Waals surface area contributed by atoms with Crippen molar-refractivity contribution in [2.45, 2.75) is 13.3 Å². The van der Waals surface area contributed by atoms with Crippen LogP contribution in [0.15, 0.2) is 0 Å². The van der Waals surface area contributed by atoms with Crippen molar-refractivity contribution in [3.8, 4) is 12.3 Å². The largest absolute Gasteiger partial charge is 0.396 e. The van der Waals surface area contributed by atoms with E-state index < -0.39 is 5.91 Å². The maximum absolute atomic E-state index is 10.5. The summed E-state index contributed by atoms with van der Waals surface area (Å²) in [4.78, 5) is 10.5. The number of hydrogen-bond donors (Lipinski definition) is 2. The first kappa shape index (κ1) is 9.99. The molecule has 62 valence electrons. The van der Waals surface area contributed by atoms with Crippen LogP contribution in [0.5, 0.6) is 0 Å². The highest BCUT2D eigenvalue weighted by Gasteiger charge is 2.01. The van der Waals surface area contributed by atoms with Crippen molar-refractivity contribution in [1.29, 1.82) is 0 Å². The van der Waals surface area contributed by atoms with Crippen molar-refractivity contribution in [2.24, 2.45) is 5.92 Å². The molecule has 0 aromatic heterocycles. The minimum atomic E-state index is -0.394. The van der Waals surface area contributed by atoms with E-state index in [9.17, 15) is 4.79 Å². The molecule has 0 bridgehead atoms. The Balaban J connectivity index is 3.39. The zero-order valence-electron chi connectivity index (χ0n) is 6.63. The van der Waals surface area contributed by atoms with E-state index in [2.05, 4.69) is 5.32 Å². The fourth-order valence-corrected chi connectivity index (χ4v) is 0.640. The normalized spacial score (nSPS) is 11.7. The van der Waals surface area contributed by atoms with Gasteiger partial charge in [-0.25, -0.2) is 0 Å². The summed E-state index contributed by atoms with van der Waals surface area (Å²) in [6, 6.07) is 0. The SMILES string of the molecule is C#CC(=O)NCC(C)CCO. The van der Waals surface area contributed by atoms with Gasteiger partial charge in [-0.2, -0.15) is 0 Å². The molecular weight excluding hydrogens is 142 g/mol. The Labute approximate surface area is 66.8 Å². The van der Waals surface area contributed by atoms with Crippen molar-refractivity contribution in [3.63, 3.8) is 0 Å². The van der Waals surface area contributed by atoms with Gasteiger partial charge in [0.2, 0.25) is 0 Å². The number of hydrogen-bond acceptors (Lipinski definition) is 2. The third-order valence-corrected chi connectivity index (χ3v) is 1.36. The highest BCUT2D eigenvalue weighted by molar-refractivity contribution is 5.92. The van der Waals surface area contributed by atoms with Gasteiger partial charge in [0.15, 0.2) is 0 Å². The second kappa shape index (κ2) is 5.75. The van der Waals surface area contributed by atoms with Crippen LogP contribution in [0, 0.1) is 18.3 Å². The maximum Gasteiger partial charge on any atom is 0.295 e. The predicted molar refractivity (Wildman–Crippen MR) is 42.7 cm³/mol. The lowest BCUT2D eigenvalue weighted by atomic mass is 10.1. The fourth-order valence-electron chi connectivity index (χ4n) is 0.640. The molecule has 0 heterocycles. The monoisotopic (exact) mass is 155 g/mol. The molecule has 0 rings (SSSR count). The number of aliphatic hydroxyl groups excluding tert-OH is 1. The van der Waals surface area contributed by atoms with E-state index in [0.717, 1.165) is 0 Å². The van der Waals surface area contributed by atoms with E-state index in [4.69, 9.17) is 11.5 Å². The first-order valence-corrected chi connectivity index (χ1v) is 3.56. The molecule has 11 heavy (non-hydrogen) atoms. The molecule has 2 N–H and O–H groups in total. The number of nitrogens with one attached hydrogen (secondary N) is 1. The van der Waals surface area contributed by atoms with Crippen LogP contribution in [-0.2, 0) is 4.79 Å². The number of aliphatic hydroxyl groups is 1. The van der Waals surface area contributed by atoms with Crippen LogP contribution in [0.25, 0.3) is 0 Å². The Morgan fingerprint density at radius 3 is 2.91 bits per heavy atom. The average molecular weight is 155 g/mol. The molecular formula is C8H13NO2. The summed E-state index contributed by atoms with van der Waals surface area (Å²) in [5.41, 5.74) is 0. The Bertz CT molecular complexity index is 160.